The Morgan fingerprint density at radius 3 is 2.47 bits per heavy atom. The topological polar surface area (TPSA) is 112 Å². The molecule has 3 heterocycles. The van der Waals surface area contributed by atoms with Gasteiger partial charge in [0, 0.05) is 67.4 Å². The average Bonchev–Trinajstić information content (AvgIpc) is 3.33. The van der Waals surface area contributed by atoms with Crippen LogP contribution in [0.3, 0.4) is 0 Å². The van der Waals surface area contributed by atoms with Crippen LogP contribution in [0.1, 0.15) is 11.1 Å². The van der Waals surface area contributed by atoms with Gasteiger partial charge in [-0.15, -0.1) is 24.8 Å². The molecule has 2 aromatic rings. The molecular formula is C23H25Cl2FN6O4. The summed E-state index contributed by atoms with van der Waals surface area (Å²) < 4.78 is 14.1. The number of non-ortho nitro benzene ring substituents is 1. The molecule has 13 heteroatoms. The van der Waals surface area contributed by atoms with Crippen molar-refractivity contribution in [1.29, 1.82) is 0 Å². The number of nitrogens with zero attached hydrogens (tertiary/aromatic N) is 4. The second-order valence-corrected chi connectivity index (χ2v) is 8.42. The lowest BCUT2D eigenvalue weighted by Gasteiger charge is -2.31. The van der Waals surface area contributed by atoms with Crippen LogP contribution < -0.4 is 10.6 Å². The molecule has 1 amide bonds. The zero-order chi connectivity index (χ0) is 23.8. The summed E-state index contributed by atoms with van der Waals surface area (Å²) in [6.45, 7) is 4.88. The van der Waals surface area contributed by atoms with Crippen LogP contribution in [0, 0.1) is 15.9 Å². The fraction of sp³-hybridized carbons (Fsp3) is 0.304. The maximum Gasteiger partial charge on any atom is 0.270 e. The predicted molar refractivity (Wildman–Crippen MR) is 140 cm³/mol. The monoisotopic (exact) mass is 538 g/mol. The van der Waals surface area contributed by atoms with Gasteiger partial charge < -0.3 is 20.4 Å². The van der Waals surface area contributed by atoms with Crippen molar-refractivity contribution in [2.75, 3.05) is 57.0 Å². The van der Waals surface area contributed by atoms with Gasteiger partial charge >= 0.3 is 0 Å². The number of benzene rings is 2. The molecule has 0 aromatic heterocycles. The number of hydrogen-bond acceptors (Lipinski definition) is 8. The van der Waals surface area contributed by atoms with Crippen molar-refractivity contribution >= 4 is 59.1 Å². The minimum absolute atomic E-state index is 0. The van der Waals surface area contributed by atoms with Crippen molar-refractivity contribution < 1.29 is 18.9 Å². The summed E-state index contributed by atoms with van der Waals surface area (Å²) in [4.78, 5) is 33.8. The molecule has 1 fully saturated rings. The molecule has 0 radical (unpaired) electrons. The Labute approximate surface area is 219 Å². The van der Waals surface area contributed by atoms with Crippen LogP contribution in [-0.4, -0.2) is 72.7 Å². The van der Waals surface area contributed by atoms with Gasteiger partial charge in [0.2, 0.25) is 0 Å². The highest BCUT2D eigenvalue weighted by Crippen LogP contribution is 2.40. The first-order valence-electron chi connectivity index (χ1n) is 10.9. The SMILES string of the molecule is CN1CCN(CCO/N=C2/C(=C3/C(=O)Nc4ccc([N+](=O)[O-])cc43)Nc3ccc(F)cc32)CC1.Cl.Cl. The highest BCUT2D eigenvalue weighted by molar-refractivity contribution is 6.39. The van der Waals surface area contributed by atoms with E-state index < -0.39 is 16.6 Å². The second-order valence-electron chi connectivity index (χ2n) is 8.42. The Balaban J connectivity index is 0.00000180. The predicted octanol–water partition coefficient (Wildman–Crippen LogP) is 3.33. The van der Waals surface area contributed by atoms with Crippen molar-refractivity contribution in [3.8, 4) is 0 Å². The summed E-state index contributed by atoms with van der Waals surface area (Å²) in [6.07, 6.45) is 0. The third kappa shape index (κ3) is 5.29. The molecule has 10 nitrogen and oxygen atoms in total. The van der Waals surface area contributed by atoms with Gasteiger partial charge in [0.05, 0.1) is 16.2 Å². The lowest BCUT2D eigenvalue weighted by Crippen LogP contribution is -2.45. The van der Waals surface area contributed by atoms with Crippen LogP contribution in [0.5, 0.6) is 0 Å². The highest BCUT2D eigenvalue weighted by atomic mass is 35.5. The van der Waals surface area contributed by atoms with Crippen molar-refractivity contribution in [2.24, 2.45) is 5.16 Å². The number of hydrogen-bond donors (Lipinski definition) is 2. The number of carbonyl (C=O) groups is 1. The number of rotatable bonds is 5. The van der Waals surface area contributed by atoms with E-state index in [0.717, 1.165) is 26.2 Å². The zero-order valence-corrected chi connectivity index (χ0v) is 21.0. The zero-order valence-electron chi connectivity index (χ0n) is 19.3. The molecule has 36 heavy (non-hydrogen) atoms. The second kappa shape index (κ2) is 11.2. The van der Waals surface area contributed by atoms with Gasteiger partial charge in [-0.1, -0.05) is 5.16 Å². The van der Waals surface area contributed by atoms with Gasteiger partial charge in [-0.2, -0.15) is 0 Å². The summed E-state index contributed by atoms with van der Waals surface area (Å²) in [6, 6.07) is 8.34. The third-order valence-electron chi connectivity index (χ3n) is 6.19. The molecule has 1 saturated heterocycles. The minimum Gasteiger partial charge on any atom is -0.394 e. The molecule has 0 aliphatic carbocycles. The van der Waals surface area contributed by atoms with E-state index in [9.17, 15) is 19.3 Å². The Bertz CT molecular complexity index is 1250. The normalized spacial score (nSPS) is 20.1. The molecule has 0 saturated carbocycles. The number of oxime groups is 1. The smallest absolute Gasteiger partial charge is 0.270 e. The summed E-state index contributed by atoms with van der Waals surface area (Å²) >= 11 is 0. The van der Waals surface area contributed by atoms with Gasteiger partial charge in [0.1, 0.15) is 18.1 Å². The van der Waals surface area contributed by atoms with Crippen LogP contribution >= 0.6 is 24.8 Å². The van der Waals surface area contributed by atoms with E-state index in [0.29, 0.717) is 41.4 Å². The number of likely N-dealkylation sites (N-methyl/N-ethyl adjacent to an activating group) is 1. The first kappa shape index (κ1) is 27.3. The molecule has 192 valence electrons. The van der Waals surface area contributed by atoms with E-state index in [1.165, 1.54) is 30.3 Å². The molecular weight excluding hydrogens is 514 g/mol. The number of nitro benzene ring substituents is 1. The molecule has 3 aliphatic heterocycles. The number of anilines is 2. The van der Waals surface area contributed by atoms with Gasteiger partial charge in [-0.3, -0.25) is 19.8 Å². The molecule has 2 N–H and O–H groups in total. The first-order valence-corrected chi connectivity index (χ1v) is 10.9. The third-order valence-corrected chi connectivity index (χ3v) is 6.19. The maximum atomic E-state index is 14.1. The van der Waals surface area contributed by atoms with Crippen molar-refractivity contribution in [1.82, 2.24) is 9.80 Å². The maximum absolute atomic E-state index is 14.1. The summed E-state index contributed by atoms with van der Waals surface area (Å²) in [5.74, 6) is -0.889. The van der Waals surface area contributed by atoms with Gasteiger partial charge in [-0.25, -0.2) is 4.39 Å². The number of nitrogens with one attached hydrogen (secondary N) is 2. The number of carbonyl (C=O) groups excluding carboxylic acids is 1. The average molecular weight is 539 g/mol. The van der Waals surface area contributed by atoms with E-state index >= 15 is 0 Å². The van der Waals surface area contributed by atoms with E-state index in [1.54, 1.807) is 6.07 Å². The van der Waals surface area contributed by atoms with Crippen LogP contribution in [0.4, 0.5) is 21.5 Å². The Morgan fingerprint density at radius 2 is 1.75 bits per heavy atom. The van der Waals surface area contributed by atoms with Crippen molar-refractivity contribution in [3.05, 3.63) is 69.2 Å². The lowest BCUT2D eigenvalue weighted by atomic mass is 10.0. The Hall–Kier alpha value is -3.25. The summed E-state index contributed by atoms with van der Waals surface area (Å²) in [5, 5.41) is 21.4. The Kier molecular flexibility index (Phi) is 8.51. The molecule has 2 aromatic carbocycles. The highest BCUT2D eigenvalue weighted by Gasteiger charge is 2.35. The van der Waals surface area contributed by atoms with Crippen molar-refractivity contribution in [2.45, 2.75) is 0 Å². The van der Waals surface area contributed by atoms with E-state index in [-0.39, 0.29) is 41.8 Å². The molecule has 0 bridgehead atoms. The fourth-order valence-electron chi connectivity index (χ4n) is 4.29. The fourth-order valence-corrected chi connectivity index (χ4v) is 4.29. The molecule has 0 unspecified atom stereocenters. The summed E-state index contributed by atoms with van der Waals surface area (Å²) in [7, 11) is 2.09. The van der Waals surface area contributed by atoms with E-state index in [1.807, 2.05) is 0 Å². The Morgan fingerprint density at radius 1 is 1.06 bits per heavy atom. The standard InChI is InChI=1S/C23H23FN6O4.2ClH/c1-28-6-8-29(9-7-28)10-11-34-27-21-17-12-14(24)2-4-19(17)25-22(21)20-16-13-15(30(32)33)3-5-18(16)26-23(20)31;;/h2-5,12-13,25H,6-11H2,1H3,(H,26,31);2*1H/b22-20-,27-21+;;. The summed E-state index contributed by atoms with van der Waals surface area (Å²) in [5.41, 5.74) is 2.49. The van der Waals surface area contributed by atoms with E-state index in [4.69, 9.17) is 4.84 Å². The number of piperazine rings is 1. The van der Waals surface area contributed by atoms with Crippen LogP contribution in [0.2, 0.25) is 0 Å². The molecule has 0 spiro atoms. The van der Waals surface area contributed by atoms with Gasteiger partial charge in [-0.05, 0) is 31.3 Å². The molecule has 5 rings (SSSR count). The van der Waals surface area contributed by atoms with Gasteiger partial charge in [0.25, 0.3) is 11.6 Å². The number of amides is 1. The minimum atomic E-state index is -0.520. The first-order chi connectivity index (χ1) is 16.4. The molecule has 0 atom stereocenters. The lowest BCUT2D eigenvalue weighted by molar-refractivity contribution is -0.384. The molecule has 3 aliphatic rings. The van der Waals surface area contributed by atoms with Crippen LogP contribution in [0.15, 0.2) is 47.3 Å². The largest absolute Gasteiger partial charge is 0.394 e. The number of nitro groups is 1. The number of allylic oxidation sites excluding steroid dienone is 1. The van der Waals surface area contributed by atoms with Crippen LogP contribution in [-0.2, 0) is 9.63 Å². The van der Waals surface area contributed by atoms with Crippen molar-refractivity contribution in [3.63, 3.8) is 0 Å². The quantitative estimate of drug-likeness (QED) is 0.260. The number of halogens is 3. The van der Waals surface area contributed by atoms with Crippen LogP contribution in [0.25, 0.3) is 5.57 Å². The van der Waals surface area contributed by atoms with E-state index in [2.05, 4.69) is 32.6 Å². The van der Waals surface area contributed by atoms with Gasteiger partial charge in [0.15, 0.2) is 0 Å². The number of fused-ring (bicyclic) bond motifs is 2.